The van der Waals surface area contributed by atoms with Crippen molar-refractivity contribution in [3.8, 4) is 5.75 Å². The molecule has 1 heterocycles. The van der Waals surface area contributed by atoms with Crippen LogP contribution in [0.25, 0.3) is 0 Å². The van der Waals surface area contributed by atoms with Crippen LogP contribution in [0.4, 0.5) is 5.69 Å². The molecule has 0 saturated heterocycles. The van der Waals surface area contributed by atoms with E-state index in [0.717, 1.165) is 0 Å². The Kier molecular flexibility index (Phi) is 6.16. The van der Waals surface area contributed by atoms with E-state index in [2.05, 4.69) is 10.6 Å². The van der Waals surface area contributed by atoms with Gasteiger partial charge in [-0.05, 0) is 36.4 Å². The van der Waals surface area contributed by atoms with Gasteiger partial charge in [-0.2, -0.15) is 0 Å². The lowest BCUT2D eigenvalue weighted by atomic mass is 10.1. The number of para-hydroxylation sites is 2. The van der Waals surface area contributed by atoms with Gasteiger partial charge in [0.25, 0.3) is 11.8 Å². The number of rotatable bonds is 5. The number of hydrogen-bond acceptors (Lipinski definition) is 4. The molecular formula is C20H20ClN3O4. The summed E-state index contributed by atoms with van der Waals surface area (Å²) in [6.45, 7) is 0.283. The molecule has 0 saturated carbocycles. The van der Waals surface area contributed by atoms with E-state index in [9.17, 15) is 14.4 Å². The average Bonchev–Trinajstić information content (AvgIpc) is 2.72. The fraction of sp³-hybridized carbons (Fsp3) is 0.250. The zero-order valence-corrected chi connectivity index (χ0v) is 16.0. The molecule has 3 amide bonds. The topological polar surface area (TPSA) is 87.7 Å². The maximum absolute atomic E-state index is 12.7. The van der Waals surface area contributed by atoms with Gasteiger partial charge in [0.15, 0.2) is 6.10 Å². The summed E-state index contributed by atoms with van der Waals surface area (Å²) >= 11 is 5.81. The average molecular weight is 402 g/mol. The van der Waals surface area contributed by atoms with Crippen LogP contribution < -0.4 is 20.3 Å². The molecule has 2 aromatic carbocycles. The summed E-state index contributed by atoms with van der Waals surface area (Å²) in [5.74, 6) is -0.319. The molecule has 7 nitrogen and oxygen atoms in total. The monoisotopic (exact) mass is 401 g/mol. The van der Waals surface area contributed by atoms with Crippen LogP contribution in [0, 0.1) is 0 Å². The maximum atomic E-state index is 12.7. The number of amides is 3. The first-order chi connectivity index (χ1) is 13.5. The minimum Gasteiger partial charge on any atom is -0.477 e. The Bertz CT molecular complexity index is 885. The molecule has 0 aromatic heterocycles. The predicted molar refractivity (Wildman–Crippen MR) is 106 cm³/mol. The second-order valence-electron chi connectivity index (χ2n) is 6.21. The van der Waals surface area contributed by atoms with E-state index in [1.54, 1.807) is 48.5 Å². The number of hydrogen-bond donors (Lipinski definition) is 2. The Morgan fingerprint density at radius 3 is 2.57 bits per heavy atom. The SMILES string of the molecule is CNC(=O)C1CN(C(=O)CCNC(=O)c2ccc(Cl)cc2)c2ccccc2O1. The van der Waals surface area contributed by atoms with E-state index < -0.39 is 6.10 Å². The molecular weight excluding hydrogens is 382 g/mol. The number of ether oxygens (including phenoxy) is 1. The largest absolute Gasteiger partial charge is 0.477 e. The fourth-order valence-corrected chi connectivity index (χ4v) is 3.02. The Balaban J connectivity index is 1.63. The number of nitrogens with one attached hydrogen (secondary N) is 2. The van der Waals surface area contributed by atoms with Crippen LogP contribution in [0.2, 0.25) is 5.02 Å². The van der Waals surface area contributed by atoms with Crippen LogP contribution in [0.5, 0.6) is 5.75 Å². The van der Waals surface area contributed by atoms with Gasteiger partial charge in [-0.15, -0.1) is 0 Å². The van der Waals surface area contributed by atoms with Gasteiger partial charge in [0.05, 0.1) is 12.2 Å². The molecule has 1 unspecified atom stereocenters. The van der Waals surface area contributed by atoms with Crippen molar-refractivity contribution >= 4 is 35.0 Å². The summed E-state index contributed by atoms with van der Waals surface area (Å²) < 4.78 is 5.69. The second-order valence-corrected chi connectivity index (χ2v) is 6.64. The van der Waals surface area contributed by atoms with Crippen LogP contribution in [0.15, 0.2) is 48.5 Å². The first-order valence-electron chi connectivity index (χ1n) is 8.81. The van der Waals surface area contributed by atoms with Crippen molar-refractivity contribution in [1.82, 2.24) is 10.6 Å². The van der Waals surface area contributed by atoms with Crippen molar-refractivity contribution in [3.63, 3.8) is 0 Å². The summed E-state index contributed by atoms with van der Waals surface area (Å²) in [6.07, 6.45) is -0.693. The number of anilines is 1. The molecule has 1 aliphatic heterocycles. The third kappa shape index (κ3) is 4.43. The third-order valence-electron chi connectivity index (χ3n) is 4.34. The number of benzene rings is 2. The van der Waals surface area contributed by atoms with Crippen LogP contribution in [-0.4, -0.2) is 44.0 Å². The molecule has 8 heteroatoms. The number of fused-ring (bicyclic) bond motifs is 1. The van der Waals surface area contributed by atoms with E-state index >= 15 is 0 Å². The Morgan fingerprint density at radius 2 is 1.86 bits per heavy atom. The molecule has 146 valence electrons. The van der Waals surface area contributed by atoms with Gasteiger partial charge in [-0.1, -0.05) is 23.7 Å². The maximum Gasteiger partial charge on any atom is 0.262 e. The summed E-state index contributed by atoms with van der Waals surface area (Å²) in [5.41, 5.74) is 1.07. The minimum atomic E-state index is -0.785. The predicted octanol–water partition coefficient (Wildman–Crippen LogP) is 2.00. The highest BCUT2D eigenvalue weighted by molar-refractivity contribution is 6.30. The molecule has 28 heavy (non-hydrogen) atoms. The summed E-state index contributed by atoms with van der Waals surface area (Å²) in [7, 11) is 1.52. The standard InChI is InChI=1S/C20H20ClN3O4/c1-22-20(27)17-12-24(15-4-2-3-5-16(15)28-17)18(25)10-11-23-19(26)13-6-8-14(21)9-7-13/h2-9,17H,10-12H2,1H3,(H,22,27)(H,23,26). The van der Waals surface area contributed by atoms with Crippen LogP contribution in [-0.2, 0) is 9.59 Å². The number of carbonyl (C=O) groups is 3. The van der Waals surface area contributed by atoms with Crippen molar-refractivity contribution in [3.05, 3.63) is 59.1 Å². The first-order valence-corrected chi connectivity index (χ1v) is 9.19. The van der Waals surface area contributed by atoms with E-state index in [1.165, 1.54) is 11.9 Å². The van der Waals surface area contributed by atoms with Gasteiger partial charge in [0, 0.05) is 30.6 Å². The molecule has 0 radical (unpaired) electrons. The molecule has 1 atom stereocenters. The van der Waals surface area contributed by atoms with Crippen LogP contribution in [0.1, 0.15) is 16.8 Å². The first kappa shape index (κ1) is 19.7. The van der Waals surface area contributed by atoms with Crippen molar-refractivity contribution in [2.75, 3.05) is 25.0 Å². The van der Waals surface area contributed by atoms with Gasteiger partial charge in [0.2, 0.25) is 5.91 Å². The quantitative estimate of drug-likeness (QED) is 0.802. The van der Waals surface area contributed by atoms with E-state index in [-0.39, 0.29) is 37.2 Å². The highest BCUT2D eigenvalue weighted by atomic mass is 35.5. The smallest absolute Gasteiger partial charge is 0.262 e. The zero-order chi connectivity index (χ0) is 20.1. The minimum absolute atomic E-state index is 0.0914. The van der Waals surface area contributed by atoms with Crippen LogP contribution >= 0.6 is 11.6 Å². The van der Waals surface area contributed by atoms with Gasteiger partial charge in [-0.25, -0.2) is 0 Å². The molecule has 3 rings (SSSR count). The van der Waals surface area contributed by atoms with E-state index in [4.69, 9.17) is 16.3 Å². The third-order valence-corrected chi connectivity index (χ3v) is 4.60. The van der Waals surface area contributed by atoms with Crippen molar-refractivity contribution < 1.29 is 19.1 Å². The fourth-order valence-electron chi connectivity index (χ4n) is 2.89. The number of halogens is 1. The highest BCUT2D eigenvalue weighted by Gasteiger charge is 2.33. The lowest BCUT2D eigenvalue weighted by Gasteiger charge is -2.34. The molecule has 2 aromatic rings. The van der Waals surface area contributed by atoms with Crippen molar-refractivity contribution in [2.24, 2.45) is 0 Å². The second kappa shape index (κ2) is 8.75. The van der Waals surface area contributed by atoms with Gasteiger partial charge >= 0.3 is 0 Å². The van der Waals surface area contributed by atoms with Gasteiger partial charge < -0.3 is 20.3 Å². The zero-order valence-electron chi connectivity index (χ0n) is 15.3. The summed E-state index contributed by atoms with van der Waals surface area (Å²) in [4.78, 5) is 38.4. The van der Waals surface area contributed by atoms with E-state index in [1.807, 2.05) is 0 Å². The molecule has 1 aliphatic rings. The Hall–Kier alpha value is -3.06. The number of carbonyl (C=O) groups excluding carboxylic acids is 3. The highest BCUT2D eigenvalue weighted by Crippen LogP contribution is 2.33. The van der Waals surface area contributed by atoms with Gasteiger partial charge in [-0.3, -0.25) is 14.4 Å². The summed E-state index contributed by atoms with van der Waals surface area (Å²) in [5, 5.41) is 5.80. The lowest BCUT2D eigenvalue weighted by molar-refractivity contribution is -0.127. The molecule has 0 spiro atoms. The molecule has 2 N–H and O–H groups in total. The summed E-state index contributed by atoms with van der Waals surface area (Å²) in [6, 6.07) is 13.5. The Labute approximate surface area is 167 Å². The number of nitrogens with zero attached hydrogens (tertiary/aromatic N) is 1. The lowest BCUT2D eigenvalue weighted by Crippen LogP contribution is -2.50. The van der Waals surface area contributed by atoms with Crippen molar-refractivity contribution in [2.45, 2.75) is 12.5 Å². The van der Waals surface area contributed by atoms with E-state index in [0.29, 0.717) is 22.0 Å². The molecule has 0 bridgehead atoms. The van der Waals surface area contributed by atoms with Crippen molar-refractivity contribution in [1.29, 1.82) is 0 Å². The Morgan fingerprint density at radius 1 is 1.14 bits per heavy atom. The van der Waals surface area contributed by atoms with Crippen LogP contribution in [0.3, 0.4) is 0 Å². The molecule has 0 fully saturated rings. The van der Waals surface area contributed by atoms with Gasteiger partial charge in [0.1, 0.15) is 5.75 Å². The number of likely N-dealkylation sites (N-methyl/N-ethyl adjacent to an activating group) is 1. The normalized spacial score (nSPS) is 15.2. The molecule has 0 aliphatic carbocycles.